The summed E-state index contributed by atoms with van der Waals surface area (Å²) in [4.78, 5) is 26.3. The van der Waals surface area contributed by atoms with Crippen molar-refractivity contribution in [3.63, 3.8) is 0 Å². The Hall–Kier alpha value is -3.82. The fourth-order valence-corrected chi connectivity index (χ4v) is 3.74. The first kappa shape index (κ1) is 23.3. The molecule has 0 unspecified atom stereocenters. The zero-order chi connectivity index (χ0) is 24.2. The number of ether oxygens (including phenoxy) is 8. The SMILES string of the molecule is CCCOC(=O)c1cc(OC)c2c(c1-c1c(C(=O)OCCC)cc(OC)c3c1OCO3)OCO2. The Bertz CT molecular complexity index is 1020. The minimum absolute atomic E-state index is 0.0997. The highest BCUT2D eigenvalue weighted by molar-refractivity contribution is 6.08. The van der Waals surface area contributed by atoms with Gasteiger partial charge in [-0.25, -0.2) is 9.59 Å². The lowest BCUT2D eigenvalue weighted by atomic mass is 9.91. The molecule has 2 aliphatic rings. The first-order valence-corrected chi connectivity index (χ1v) is 10.9. The maximum atomic E-state index is 13.2. The van der Waals surface area contributed by atoms with Crippen LogP contribution in [0.1, 0.15) is 47.4 Å². The van der Waals surface area contributed by atoms with Gasteiger partial charge in [-0.1, -0.05) is 13.8 Å². The average Bonchev–Trinajstić information content (AvgIpc) is 3.54. The number of carbonyl (C=O) groups is 2. The summed E-state index contributed by atoms with van der Waals surface area (Å²) in [6.07, 6.45) is 1.26. The van der Waals surface area contributed by atoms with Crippen molar-refractivity contribution in [3.8, 4) is 45.6 Å². The van der Waals surface area contributed by atoms with Crippen LogP contribution >= 0.6 is 0 Å². The quantitative estimate of drug-likeness (QED) is 0.496. The Kier molecular flexibility index (Phi) is 6.85. The maximum absolute atomic E-state index is 13.2. The van der Waals surface area contributed by atoms with E-state index in [2.05, 4.69) is 0 Å². The monoisotopic (exact) mass is 474 g/mol. The Morgan fingerprint density at radius 2 is 1.09 bits per heavy atom. The zero-order valence-electron chi connectivity index (χ0n) is 19.5. The average molecular weight is 474 g/mol. The van der Waals surface area contributed by atoms with Crippen molar-refractivity contribution in [2.24, 2.45) is 0 Å². The van der Waals surface area contributed by atoms with Crippen LogP contribution in [0.2, 0.25) is 0 Å². The minimum Gasteiger partial charge on any atom is -0.493 e. The van der Waals surface area contributed by atoms with Gasteiger partial charge in [0.1, 0.15) is 0 Å². The highest BCUT2D eigenvalue weighted by atomic mass is 16.7. The molecule has 0 saturated carbocycles. The van der Waals surface area contributed by atoms with E-state index in [0.717, 1.165) is 0 Å². The zero-order valence-corrected chi connectivity index (χ0v) is 19.5. The summed E-state index contributed by atoms with van der Waals surface area (Å²) in [5, 5.41) is 0. The topological polar surface area (TPSA) is 108 Å². The second-order valence-electron chi connectivity index (χ2n) is 7.40. The fraction of sp³-hybridized carbons (Fsp3) is 0.417. The van der Waals surface area contributed by atoms with Crippen LogP contribution < -0.4 is 28.4 Å². The highest BCUT2D eigenvalue weighted by Crippen LogP contribution is 2.56. The van der Waals surface area contributed by atoms with E-state index in [1.54, 1.807) is 0 Å². The summed E-state index contributed by atoms with van der Waals surface area (Å²) >= 11 is 0. The van der Waals surface area contributed by atoms with Crippen molar-refractivity contribution in [1.29, 1.82) is 0 Å². The predicted molar refractivity (Wildman–Crippen MR) is 118 cm³/mol. The van der Waals surface area contributed by atoms with E-state index in [1.165, 1.54) is 26.4 Å². The molecule has 0 radical (unpaired) electrons. The second-order valence-corrected chi connectivity index (χ2v) is 7.40. The van der Waals surface area contributed by atoms with E-state index < -0.39 is 11.9 Å². The lowest BCUT2D eigenvalue weighted by Crippen LogP contribution is -2.12. The van der Waals surface area contributed by atoms with Crippen LogP contribution in [0, 0.1) is 0 Å². The van der Waals surface area contributed by atoms with Gasteiger partial charge >= 0.3 is 11.9 Å². The number of fused-ring (bicyclic) bond motifs is 2. The second kappa shape index (κ2) is 9.98. The molecule has 0 bridgehead atoms. The van der Waals surface area contributed by atoms with Crippen molar-refractivity contribution in [1.82, 2.24) is 0 Å². The van der Waals surface area contributed by atoms with Gasteiger partial charge in [0.25, 0.3) is 0 Å². The lowest BCUT2D eigenvalue weighted by Gasteiger charge is -2.19. The van der Waals surface area contributed by atoms with Gasteiger partial charge in [0.05, 0.1) is 38.6 Å². The summed E-state index contributed by atoms with van der Waals surface area (Å²) in [6.45, 7) is 3.99. The van der Waals surface area contributed by atoms with Gasteiger partial charge in [-0.15, -0.1) is 0 Å². The summed E-state index contributed by atoms with van der Waals surface area (Å²) in [6, 6.07) is 2.99. The number of benzene rings is 2. The molecule has 2 heterocycles. The largest absolute Gasteiger partial charge is 0.493 e. The van der Waals surface area contributed by atoms with Crippen LogP contribution in [0.5, 0.6) is 34.5 Å². The van der Waals surface area contributed by atoms with Gasteiger partial charge in [0, 0.05) is 11.1 Å². The summed E-state index contributed by atoms with van der Waals surface area (Å²) in [7, 11) is 2.90. The van der Waals surface area contributed by atoms with Crippen LogP contribution in [0.4, 0.5) is 0 Å². The number of hydrogen-bond acceptors (Lipinski definition) is 10. The first-order chi connectivity index (χ1) is 16.5. The third-order valence-electron chi connectivity index (χ3n) is 5.22. The van der Waals surface area contributed by atoms with Gasteiger partial charge < -0.3 is 37.9 Å². The molecule has 0 atom stereocenters. The van der Waals surface area contributed by atoms with Crippen molar-refractivity contribution >= 4 is 11.9 Å². The molecule has 4 rings (SSSR count). The summed E-state index contributed by atoms with van der Waals surface area (Å²) in [5.74, 6) is 0.357. The molecule has 34 heavy (non-hydrogen) atoms. The van der Waals surface area contributed by atoms with E-state index in [0.29, 0.717) is 24.3 Å². The molecule has 0 spiro atoms. The molecule has 2 aromatic rings. The summed E-state index contributed by atoms with van der Waals surface area (Å²) < 4.78 is 44.5. The Balaban J connectivity index is 2.04. The predicted octanol–water partition coefficient (Wildman–Crippen LogP) is 3.96. The molecule has 0 aromatic heterocycles. The Labute approximate surface area is 196 Å². The molecule has 0 fully saturated rings. The van der Waals surface area contributed by atoms with E-state index in [1.807, 2.05) is 13.8 Å². The van der Waals surface area contributed by atoms with Crippen LogP contribution in [-0.2, 0) is 9.47 Å². The molecule has 0 N–H and O–H groups in total. The Morgan fingerprint density at radius 3 is 1.44 bits per heavy atom. The normalized spacial score (nSPS) is 12.9. The number of esters is 2. The van der Waals surface area contributed by atoms with Crippen molar-refractivity contribution in [2.45, 2.75) is 26.7 Å². The summed E-state index contributed by atoms with van der Waals surface area (Å²) in [5.41, 5.74) is 0.730. The maximum Gasteiger partial charge on any atom is 0.339 e. The molecule has 2 aromatic carbocycles. The van der Waals surface area contributed by atoms with Crippen LogP contribution in [-0.4, -0.2) is 53.0 Å². The first-order valence-electron chi connectivity index (χ1n) is 10.9. The fourth-order valence-electron chi connectivity index (χ4n) is 3.74. The van der Waals surface area contributed by atoms with E-state index in [4.69, 9.17) is 37.9 Å². The van der Waals surface area contributed by atoms with Gasteiger partial charge in [0.15, 0.2) is 23.0 Å². The van der Waals surface area contributed by atoms with Crippen LogP contribution in [0.25, 0.3) is 11.1 Å². The number of carbonyl (C=O) groups excluding carboxylic acids is 2. The molecule has 0 aliphatic carbocycles. The third kappa shape index (κ3) is 4.00. The van der Waals surface area contributed by atoms with E-state index >= 15 is 0 Å². The van der Waals surface area contributed by atoms with Crippen LogP contribution in [0.15, 0.2) is 12.1 Å². The van der Waals surface area contributed by atoms with Gasteiger partial charge in [-0.2, -0.15) is 0 Å². The van der Waals surface area contributed by atoms with Crippen molar-refractivity contribution in [2.75, 3.05) is 41.0 Å². The molecular formula is C24H26O10. The molecule has 10 nitrogen and oxygen atoms in total. The Morgan fingerprint density at radius 1 is 0.706 bits per heavy atom. The highest BCUT2D eigenvalue weighted by Gasteiger charge is 2.37. The van der Waals surface area contributed by atoms with Crippen molar-refractivity contribution in [3.05, 3.63) is 23.3 Å². The minimum atomic E-state index is -0.621. The number of methoxy groups -OCH3 is 2. The van der Waals surface area contributed by atoms with E-state index in [9.17, 15) is 9.59 Å². The van der Waals surface area contributed by atoms with Crippen molar-refractivity contribution < 1.29 is 47.5 Å². The molecular weight excluding hydrogens is 448 g/mol. The van der Waals surface area contributed by atoms with Gasteiger partial charge in [-0.3, -0.25) is 0 Å². The number of rotatable bonds is 9. The smallest absolute Gasteiger partial charge is 0.339 e. The molecule has 182 valence electrons. The van der Waals surface area contributed by atoms with Crippen LogP contribution in [0.3, 0.4) is 0 Å². The van der Waals surface area contributed by atoms with Gasteiger partial charge in [0.2, 0.25) is 25.1 Å². The molecule has 2 aliphatic heterocycles. The molecule has 0 saturated heterocycles. The standard InChI is InChI=1S/C24H26O10/c1-5-7-29-23(25)13-9-15(27-3)19-21(33-11-31-19)17(13)18-14(24(26)30-8-6-2)10-16(28-4)20-22(18)34-12-32-20/h9-10H,5-8,11-12H2,1-4H3. The molecule has 0 amide bonds. The third-order valence-corrected chi connectivity index (χ3v) is 5.22. The number of hydrogen-bond donors (Lipinski definition) is 0. The molecule has 10 heteroatoms. The van der Waals surface area contributed by atoms with Gasteiger partial charge in [-0.05, 0) is 25.0 Å². The lowest BCUT2D eigenvalue weighted by molar-refractivity contribution is 0.0493. The van der Waals surface area contributed by atoms with E-state index in [-0.39, 0.29) is 72.1 Å².